The summed E-state index contributed by atoms with van der Waals surface area (Å²) in [5.74, 6) is 0. The van der Waals surface area contributed by atoms with Crippen LogP contribution in [0.5, 0.6) is 0 Å². The second-order valence-electron chi connectivity index (χ2n) is 3.71. The lowest BCUT2D eigenvalue weighted by Crippen LogP contribution is -2.31. The lowest BCUT2D eigenvalue weighted by Gasteiger charge is -2.39. The SMILES string of the molecule is Cc1cc2c(cc1C(F)(F)F)NCNS2(O)O. The van der Waals surface area contributed by atoms with Gasteiger partial charge >= 0.3 is 6.18 Å². The summed E-state index contributed by atoms with van der Waals surface area (Å²) in [5, 5.41) is 2.65. The normalized spacial score (nSPS) is 20.4. The Morgan fingerprint density at radius 1 is 1.29 bits per heavy atom. The smallest absolute Gasteiger partial charge is 0.370 e. The van der Waals surface area contributed by atoms with E-state index in [1.807, 2.05) is 0 Å². The summed E-state index contributed by atoms with van der Waals surface area (Å²) in [6, 6.07) is 2.05. The Labute approximate surface area is 97.3 Å². The first-order valence-corrected chi connectivity index (χ1v) is 6.25. The van der Waals surface area contributed by atoms with Crippen LogP contribution in [0.1, 0.15) is 11.1 Å². The Morgan fingerprint density at radius 3 is 2.53 bits per heavy atom. The van der Waals surface area contributed by atoms with Crippen LogP contribution in [0.25, 0.3) is 0 Å². The molecule has 0 saturated carbocycles. The van der Waals surface area contributed by atoms with E-state index in [0.29, 0.717) is 0 Å². The van der Waals surface area contributed by atoms with E-state index in [4.69, 9.17) is 0 Å². The molecule has 4 nitrogen and oxygen atoms in total. The Balaban J connectivity index is 2.59. The fourth-order valence-electron chi connectivity index (χ4n) is 1.67. The summed E-state index contributed by atoms with van der Waals surface area (Å²) in [7, 11) is -3.21. The average molecular weight is 268 g/mol. The Kier molecular flexibility index (Phi) is 2.77. The van der Waals surface area contributed by atoms with E-state index in [0.717, 1.165) is 12.1 Å². The van der Waals surface area contributed by atoms with Crippen LogP contribution in [-0.2, 0) is 6.18 Å². The highest BCUT2D eigenvalue weighted by molar-refractivity contribution is 8.22. The van der Waals surface area contributed by atoms with E-state index >= 15 is 0 Å². The number of alkyl halides is 3. The fourth-order valence-corrected chi connectivity index (χ4v) is 2.88. The number of halogens is 3. The molecule has 0 bridgehead atoms. The molecule has 1 aromatic rings. The number of benzene rings is 1. The molecule has 1 aliphatic rings. The highest BCUT2D eigenvalue weighted by Gasteiger charge is 2.35. The van der Waals surface area contributed by atoms with Crippen LogP contribution >= 0.6 is 10.8 Å². The van der Waals surface area contributed by atoms with E-state index in [1.54, 1.807) is 0 Å². The minimum Gasteiger partial charge on any atom is -0.370 e. The zero-order chi connectivity index (χ0) is 12.8. The molecule has 0 unspecified atom stereocenters. The van der Waals surface area contributed by atoms with Gasteiger partial charge in [-0.3, -0.25) is 9.11 Å². The van der Waals surface area contributed by atoms with Crippen molar-refractivity contribution < 1.29 is 22.3 Å². The maximum atomic E-state index is 12.6. The quantitative estimate of drug-likeness (QED) is 0.584. The van der Waals surface area contributed by atoms with E-state index in [-0.39, 0.29) is 22.8 Å². The zero-order valence-corrected chi connectivity index (χ0v) is 9.61. The topological polar surface area (TPSA) is 64.5 Å². The van der Waals surface area contributed by atoms with Crippen molar-refractivity contribution in [2.75, 3.05) is 12.0 Å². The van der Waals surface area contributed by atoms with Gasteiger partial charge in [0.25, 0.3) is 0 Å². The predicted molar refractivity (Wildman–Crippen MR) is 58.9 cm³/mol. The molecular weight excluding hydrogens is 257 g/mol. The molecule has 0 radical (unpaired) electrons. The third kappa shape index (κ3) is 2.21. The van der Waals surface area contributed by atoms with E-state index < -0.39 is 22.5 Å². The number of fused-ring (bicyclic) bond motifs is 1. The molecule has 8 heteroatoms. The van der Waals surface area contributed by atoms with Gasteiger partial charge in [-0.1, -0.05) is 0 Å². The zero-order valence-electron chi connectivity index (χ0n) is 8.80. The lowest BCUT2D eigenvalue weighted by atomic mass is 10.1. The second kappa shape index (κ2) is 3.77. The molecule has 17 heavy (non-hydrogen) atoms. The first-order valence-electron chi connectivity index (χ1n) is 4.70. The number of aryl methyl sites for hydroxylation is 1. The molecule has 2 rings (SSSR count). The summed E-state index contributed by atoms with van der Waals surface area (Å²) in [4.78, 5) is 0.0641. The molecule has 1 aromatic carbocycles. The molecule has 0 spiro atoms. The first kappa shape index (κ1) is 12.5. The van der Waals surface area contributed by atoms with Gasteiger partial charge in [0.15, 0.2) is 0 Å². The van der Waals surface area contributed by atoms with Crippen LogP contribution in [0, 0.1) is 6.92 Å². The number of hydrogen-bond donors (Lipinski definition) is 4. The molecule has 4 N–H and O–H groups in total. The van der Waals surface area contributed by atoms with Crippen LogP contribution in [0.3, 0.4) is 0 Å². The minimum atomic E-state index is -4.45. The van der Waals surface area contributed by atoms with Gasteiger partial charge in [0.2, 0.25) is 0 Å². The molecule has 0 saturated heterocycles. The van der Waals surface area contributed by atoms with Crippen molar-refractivity contribution in [3.63, 3.8) is 0 Å². The average Bonchev–Trinajstić information content (AvgIpc) is 2.16. The van der Waals surface area contributed by atoms with Gasteiger partial charge in [0.1, 0.15) is 0 Å². The van der Waals surface area contributed by atoms with Crippen molar-refractivity contribution in [3.8, 4) is 0 Å². The van der Waals surface area contributed by atoms with Crippen LogP contribution in [0.2, 0.25) is 0 Å². The Hall–Kier alpha value is -0.960. The number of hydrogen-bond acceptors (Lipinski definition) is 4. The van der Waals surface area contributed by atoms with Gasteiger partial charge in [-0.25, -0.2) is 0 Å². The summed E-state index contributed by atoms with van der Waals surface area (Å²) in [5.41, 5.74) is -0.718. The van der Waals surface area contributed by atoms with Gasteiger partial charge in [0, 0.05) is 0 Å². The van der Waals surface area contributed by atoms with Crippen molar-refractivity contribution in [2.45, 2.75) is 18.0 Å². The minimum absolute atomic E-state index is 0.00961. The van der Waals surface area contributed by atoms with E-state index in [1.165, 1.54) is 6.92 Å². The number of anilines is 1. The monoisotopic (exact) mass is 268 g/mol. The van der Waals surface area contributed by atoms with Crippen LogP contribution < -0.4 is 10.0 Å². The lowest BCUT2D eigenvalue weighted by molar-refractivity contribution is -0.138. The molecule has 0 amide bonds. The maximum absolute atomic E-state index is 12.6. The number of rotatable bonds is 0. The largest absolute Gasteiger partial charge is 0.416 e. The Morgan fingerprint density at radius 2 is 1.94 bits per heavy atom. The van der Waals surface area contributed by atoms with Gasteiger partial charge in [-0.2, -0.15) is 17.9 Å². The first-order chi connectivity index (χ1) is 7.72. The van der Waals surface area contributed by atoms with Crippen LogP contribution in [0.4, 0.5) is 18.9 Å². The molecule has 0 aromatic heterocycles. The fraction of sp³-hybridized carbons (Fsp3) is 0.333. The van der Waals surface area contributed by atoms with Crippen LogP contribution in [0.15, 0.2) is 17.0 Å². The second-order valence-corrected chi connectivity index (χ2v) is 5.53. The van der Waals surface area contributed by atoms with Crippen molar-refractivity contribution in [1.29, 1.82) is 0 Å². The summed E-state index contributed by atoms with van der Waals surface area (Å²) in [6.07, 6.45) is -4.45. The standard InChI is InChI=1S/C9H11F3N2O2S/c1-5-2-8-7(3-6(5)9(10,11)12)13-4-14-17(8,15)16/h2-3,13-16H,4H2,1H3. The van der Waals surface area contributed by atoms with Gasteiger partial charge in [-0.05, 0) is 24.6 Å². The highest BCUT2D eigenvalue weighted by atomic mass is 32.3. The van der Waals surface area contributed by atoms with Crippen molar-refractivity contribution >= 4 is 16.5 Å². The molecule has 0 aliphatic carbocycles. The maximum Gasteiger partial charge on any atom is 0.416 e. The highest BCUT2D eigenvalue weighted by Crippen LogP contribution is 2.51. The van der Waals surface area contributed by atoms with E-state index in [9.17, 15) is 22.3 Å². The van der Waals surface area contributed by atoms with Gasteiger partial charge in [-0.15, -0.1) is 10.8 Å². The molecule has 0 atom stereocenters. The van der Waals surface area contributed by atoms with Crippen molar-refractivity contribution in [3.05, 3.63) is 23.3 Å². The molecule has 96 valence electrons. The summed E-state index contributed by atoms with van der Waals surface area (Å²) < 4.78 is 59.7. The third-order valence-electron chi connectivity index (χ3n) is 2.49. The van der Waals surface area contributed by atoms with Crippen LogP contribution in [-0.4, -0.2) is 15.8 Å². The van der Waals surface area contributed by atoms with E-state index in [2.05, 4.69) is 10.0 Å². The van der Waals surface area contributed by atoms with Gasteiger partial charge < -0.3 is 5.32 Å². The predicted octanol–water partition coefficient (Wildman–Crippen LogP) is 3.01. The van der Waals surface area contributed by atoms with Gasteiger partial charge in [0.05, 0.1) is 22.8 Å². The molecular formula is C9H11F3N2O2S. The summed E-state index contributed by atoms with van der Waals surface area (Å²) >= 11 is 0. The summed E-state index contributed by atoms with van der Waals surface area (Å²) in [6.45, 7) is 1.29. The molecule has 1 heterocycles. The number of nitrogens with one attached hydrogen (secondary N) is 2. The Bertz CT molecular complexity index is 462. The molecule has 1 aliphatic heterocycles. The third-order valence-corrected chi connectivity index (χ3v) is 3.99. The molecule has 0 fully saturated rings. The van der Waals surface area contributed by atoms with Crippen molar-refractivity contribution in [2.24, 2.45) is 0 Å². The van der Waals surface area contributed by atoms with Crippen molar-refractivity contribution in [1.82, 2.24) is 4.72 Å².